The van der Waals surface area contributed by atoms with Crippen molar-refractivity contribution in [3.05, 3.63) is 0 Å². The van der Waals surface area contributed by atoms with Gasteiger partial charge < -0.3 is 38.5 Å². The fourth-order valence-electron chi connectivity index (χ4n) is 4.55. The molecule has 0 saturated carbocycles. The van der Waals surface area contributed by atoms with Crippen LogP contribution in [0.5, 0.6) is 0 Å². The molecule has 3 N–H and O–H groups in total. The van der Waals surface area contributed by atoms with Crippen LogP contribution < -0.4 is 4.89 Å². The Labute approximate surface area is 245 Å². The van der Waals surface area contributed by atoms with Gasteiger partial charge in [0.2, 0.25) is 0 Å². The third kappa shape index (κ3) is 25.6. The molecule has 0 radical (unpaired) electrons. The molecule has 0 bridgehead atoms. The number of quaternary nitrogens is 1. The topological polar surface area (TPSA) is 129 Å². The molecule has 2 unspecified atom stereocenters. The van der Waals surface area contributed by atoms with E-state index >= 15 is 0 Å². The summed E-state index contributed by atoms with van der Waals surface area (Å²) in [6, 6.07) is 0. The molecule has 242 valence electrons. The van der Waals surface area contributed by atoms with Crippen LogP contribution in [0.2, 0.25) is 0 Å². The van der Waals surface area contributed by atoms with E-state index in [0.717, 1.165) is 19.3 Å². The lowest BCUT2D eigenvalue weighted by atomic mass is 10.0. The normalized spacial score (nSPS) is 16.1. The SMILES string of the molecule is CCCCCCCCCCCCCCCC[C@@H](OP(=O)([O-])OCC[N+](C)(C)C)[C@H](CO)OCCCCC(O)CO. The van der Waals surface area contributed by atoms with Crippen LogP contribution in [-0.4, -0.2) is 92.2 Å². The molecule has 0 spiro atoms. The highest BCUT2D eigenvalue weighted by molar-refractivity contribution is 7.45. The summed E-state index contributed by atoms with van der Waals surface area (Å²) in [6.45, 7) is 2.45. The fraction of sp³-hybridized carbons (Fsp3) is 1.00. The van der Waals surface area contributed by atoms with E-state index in [1.165, 1.54) is 70.6 Å². The minimum Gasteiger partial charge on any atom is -0.756 e. The number of aliphatic hydroxyl groups excluding tert-OH is 3. The molecule has 4 atom stereocenters. The van der Waals surface area contributed by atoms with E-state index in [1.807, 2.05) is 21.1 Å². The number of aliphatic hydroxyl groups is 3. The highest BCUT2D eigenvalue weighted by Gasteiger charge is 2.27. The van der Waals surface area contributed by atoms with Crippen molar-refractivity contribution in [3.63, 3.8) is 0 Å². The summed E-state index contributed by atoms with van der Waals surface area (Å²) in [5, 5.41) is 28.4. The van der Waals surface area contributed by atoms with Crippen LogP contribution in [-0.2, 0) is 18.3 Å². The maximum absolute atomic E-state index is 12.6. The number of phosphoric acid groups is 1. The molecule has 0 amide bonds. The van der Waals surface area contributed by atoms with Gasteiger partial charge in [-0.2, -0.15) is 0 Å². The Morgan fingerprint density at radius 2 is 1.20 bits per heavy atom. The van der Waals surface area contributed by atoms with Gasteiger partial charge in [0.1, 0.15) is 19.3 Å². The Hall–Kier alpha value is -0.0900. The van der Waals surface area contributed by atoms with Crippen molar-refractivity contribution in [1.82, 2.24) is 0 Å². The van der Waals surface area contributed by atoms with Crippen LogP contribution in [0, 0.1) is 0 Å². The molecule has 10 heteroatoms. The van der Waals surface area contributed by atoms with Gasteiger partial charge in [0.25, 0.3) is 7.82 Å². The van der Waals surface area contributed by atoms with Gasteiger partial charge in [-0.25, -0.2) is 0 Å². The average Bonchev–Trinajstić information content (AvgIpc) is 2.89. The Morgan fingerprint density at radius 3 is 1.68 bits per heavy atom. The lowest BCUT2D eigenvalue weighted by Crippen LogP contribution is -2.38. The van der Waals surface area contributed by atoms with Gasteiger partial charge in [-0.05, 0) is 25.7 Å². The zero-order valence-electron chi connectivity index (χ0n) is 26.3. The van der Waals surface area contributed by atoms with Crippen molar-refractivity contribution < 1.29 is 43.0 Å². The lowest BCUT2D eigenvalue weighted by molar-refractivity contribution is -0.870. The first-order chi connectivity index (χ1) is 19.0. The van der Waals surface area contributed by atoms with Crippen LogP contribution in [0.4, 0.5) is 0 Å². The lowest BCUT2D eigenvalue weighted by Gasteiger charge is -2.33. The second kappa shape index (κ2) is 25.4. The first kappa shape index (κ1) is 39.9. The zero-order valence-corrected chi connectivity index (χ0v) is 27.2. The Bertz CT molecular complexity index is 605. The number of hydrogen-bond acceptors (Lipinski definition) is 8. The number of phosphoric ester groups is 1. The van der Waals surface area contributed by atoms with E-state index in [4.69, 9.17) is 18.9 Å². The molecular formula is C30H64NO8P. The Morgan fingerprint density at radius 1 is 0.700 bits per heavy atom. The third-order valence-corrected chi connectivity index (χ3v) is 8.21. The summed E-state index contributed by atoms with van der Waals surface area (Å²) in [4.78, 5) is 12.6. The molecule has 0 rings (SSSR count). The highest BCUT2D eigenvalue weighted by Crippen LogP contribution is 2.41. The van der Waals surface area contributed by atoms with Crippen molar-refractivity contribution in [1.29, 1.82) is 0 Å². The average molecular weight is 598 g/mol. The fourth-order valence-corrected chi connectivity index (χ4v) is 5.49. The summed E-state index contributed by atoms with van der Waals surface area (Å²) in [5.74, 6) is 0. The van der Waals surface area contributed by atoms with Crippen LogP contribution in [0.15, 0.2) is 0 Å². The number of unbranched alkanes of at least 4 members (excludes halogenated alkanes) is 14. The third-order valence-electron chi connectivity index (χ3n) is 7.19. The predicted octanol–water partition coefficient (Wildman–Crippen LogP) is 5.34. The monoisotopic (exact) mass is 597 g/mol. The molecule has 0 saturated heterocycles. The highest BCUT2D eigenvalue weighted by atomic mass is 31.2. The van der Waals surface area contributed by atoms with E-state index < -0.39 is 26.1 Å². The first-order valence-electron chi connectivity index (χ1n) is 16.0. The standard InChI is InChI=1S/C30H64NO8P/c1-5-6-7-8-9-10-11-12-13-14-15-16-17-18-22-29(39-40(35,36)38-25-23-31(2,3)4)30(27-33)37-24-20-19-21-28(34)26-32/h28-30,32-34H,5-27H2,1-4H3/t28?,29-,30+/m1/s1. The molecule has 9 nitrogen and oxygen atoms in total. The van der Waals surface area contributed by atoms with Gasteiger partial charge in [0.05, 0.1) is 46.6 Å². The molecule has 0 heterocycles. The van der Waals surface area contributed by atoms with Crippen molar-refractivity contribution in [2.45, 2.75) is 141 Å². The van der Waals surface area contributed by atoms with Crippen LogP contribution in [0.3, 0.4) is 0 Å². The molecule has 0 aromatic carbocycles. The molecular weight excluding hydrogens is 533 g/mol. The van der Waals surface area contributed by atoms with Gasteiger partial charge >= 0.3 is 0 Å². The van der Waals surface area contributed by atoms with Gasteiger partial charge in [0, 0.05) is 6.61 Å². The van der Waals surface area contributed by atoms with Gasteiger partial charge in [-0.15, -0.1) is 0 Å². The second-order valence-corrected chi connectivity index (χ2v) is 13.6. The van der Waals surface area contributed by atoms with Crippen LogP contribution in [0.1, 0.15) is 122 Å². The van der Waals surface area contributed by atoms with Crippen molar-refractivity contribution in [3.8, 4) is 0 Å². The maximum Gasteiger partial charge on any atom is 0.268 e. The Balaban J connectivity index is 4.48. The van der Waals surface area contributed by atoms with Crippen LogP contribution in [0.25, 0.3) is 0 Å². The summed E-state index contributed by atoms with van der Waals surface area (Å²) in [5.41, 5.74) is 0. The number of hydrogen-bond donors (Lipinski definition) is 3. The number of ether oxygens (including phenoxy) is 1. The number of rotatable bonds is 30. The molecule has 0 aliphatic heterocycles. The van der Waals surface area contributed by atoms with Gasteiger partial charge in [-0.3, -0.25) is 4.57 Å². The molecule has 40 heavy (non-hydrogen) atoms. The van der Waals surface area contributed by atoms with Crippen molar-refractivity contribution in [2.24, 2.45) is 0 Å². The number of nitrogens with zero attached hydrogens (tertiary/aromatic N) is 1. The smallest absolute Gasteiger partial charge is 0.268 e. The van der Waals surface area contributed by atoms with E-state index in [0.29, 0.717) is 43.3 Å². The Kier molecular flexibility index (Phi) is 25.4. The summed E-state index contributed by atoms with van der Waals surface area (Å²) >= 11 is 0. The summed E-state index contributed by atoms with van der Waals surface area (Å²) in [6.07, 6.45) is 17.1. The summed E-state index contributed by atoms with van der Waals surface area (Å²) in [7, 11) is 1.29. The van der Waals surface area contributed by atoms with E-state index in [2.05, 4.69) is 6.92 Å². The van der Waals surface area contributed by atoms with E-state index in [-0.39, 0.29) is 19.8 Å². The predicted molar refractivity (Wildman–Crippen MR) is 160 cm³/mol. The zero-order chi connectivity index (χ0) is 30.1. The van der Waals surface area contributed by atoms with E-state index in [9.17, 15) is 19.7 Å². The van der Waals surface area contributed by atoms with Crippen LogP contribution >= 0.6 is 7.82 Å². The molecule has 0 aromatic rings. The largest absolute Gasteiger partial charge is 0.756 e. The van der Waals surface area contributed by atoms with Crippen molar-refractivity contribution in [2.75, 3.05) is 54.1 Å². The molecule has 0 aliphatic rings. The summed E-state index contributed by atoms with van der Waals surface area (Å²) < 4.78 is 29.5. The molecule has 0 aliphatic carbocycles. The second-order valence-electron chi connectivity index (χ2n) is 12.2. The molecule has 0 aromatic heterocycles. The quantitative estimate of drug-likeness (QED) is 0.0576. The van der Waals surface area contributed by atoms with Gasteiger partial charge in [0.15, 0.2) is 0 Å². The van der Waals surface area contributed by atoms with E-state index in [1.54, 1.807) is 0 Å². The molecule has 0 fully saturated rings. The van der Waals surface area contributed by atoms with Crippen molar-refractivity contribution >= 4 is 7.82 Å². The first-order valence-corrected chi connectivity index (χ1v) is 17.5. The van der Waals surface area contributed by atoms with Gasteiger partial charge in [-0.1, -0.05) is 96.8 Å². The number of likely N-dealkylation sites (N-methyl/N-ethyl adjacent to an activating group) is 1. The minimum absolute atomic E-state index is 0.0215. The minimum atomic E-state index is -4.56. The maximum atomic E-state index is 12.6.